The molecule has 2 rings (SSSR count). The van der Waals surface area contributed by atoms with Crippen LogP contribution in [0.1, 0.15) is 54.0 Å². The maximum atomic E-state index is 11.8. The Kier molecular flexibility index (Phi) is 11.3. The Balaban J connectivity index is 0.00000112. The second-order valence-electron chi connectivity index (χ2n) is 4.05. The molecule has 0 saturated heterocycles. The zero-order chi connectivity index (χ0) is 17.7. The summed E-state index contributed by atoms with van der Waals surface area (Å²) in [5.41, 5.74) is 2.20. The summed E-state index contributed by atoms with van der Waals surface area (Å²) in [6.07, 6.45) is 0. The minimum absolute atomic E-state index is 0.177. The molecule has 1 N–H and O–H groups in total. The first kappa shape index (κ1) is 20.9. The van der Waals surface area contributed by atoms with E-state index in [4.69, 9.17) is 0 Å². The normalized spacial score (nSPS) is 8.74. The molecule has 3 nitrogen and oxygen atoms in total. The molecule has 0 fully saturated rings. The summed E-state index contributed by atoms with van der Waals surface area (Å²) in [6, 6.07) is 16.0. The molecule has 0 heterocycles. The fourth-order valence-electron chi connectivity index (χ4n) is 1.49. The van der Waals surface area contributed by atoms with Gasteiger partial charge in [0.15, 0.2) is 0 Å². The SMILES string of the molecule is CC.CC.Cc1ccc(C(=O)SNC(=O)c2ccccc2)cc1. The molecule has 0 aromatic heterocycles. The summed E-state index contributed by atoms with van der Waals surface area (Å²) in [5, 5.41) is -0.177. The minimum Gasteiger partial charge on any atom is -0.289 e. The van der Waals surface area contributed by atoms with Gasteiger partial charge in [0, 0.05) is 23.1 Å². The van der Waals surface area contributed by atoms with Gasteiger partial charge in [0.05, 0.1) is 0 Å². The number of amides is 1. The van der Waals surface area contributed by atoms with E-state index in [1.54, 1.807) is 36.4 Å². The average molecular weight is 331 g/mol. The standard InChI is InChI=1S/C15H13NO2S.2C2H6/c1-11-7-9-13(10-8-11)15(18)19-16-14(17)12-5-3-2-4-6-12;2*1-2/h2-10H,1H3,(H,16,17);2*1-2H3. The average Bonchev–Trinajstić information content (AvgIpc) is 2.64. The van der Waals surface area contributed by atoms with Crippen molar-refractivity contribution in [2.45, 2.75) is 34.6 Å². The summed E-state index contributed by atoms with van der Waals surface area (Å²) in [5.74, 6) is -0.272. The van der Waals surface area contributed by atoms with Crippen molar-refractivity contribution in [1.29, 1.82) is 0 Å². The number of hydrogen-bond donors (Lipinski definition) is 1. The van der Waals surface area contributed by atoms with Crippen LogP contribution in [0.3, 0.4) is 0 Å². The first-order valence-electron chi connectivity index (χ1n) is 7.80. The fourth-order valence-corrected chi connectivity index (χ4v) is 2.05. The number of rotatable bonds is 2. The van der Waals surface area contributed by atoms with Gasteiger partial charge in [0.1, 0.15) is 0 Å². The van der Waals surface area contributed by atoms with Crippen LogP contribution >= 0.6 is 11.9 Å². The maximum absolute atomic E-state index is 11.8. The van der Waals surface area contributed by atoms with Crippen LogP contribution in [-0.4, -0.2) is 11.0 Å². The third kappa shape index (κ3) is 7.66. The lowest BCUT2D eigenvalue weighted by atomic mass is 10.2. The smallest absolute Gasteiger partial charge is 0.261 e. The van der Waals surface area contributed by atoms with E-state index in [9.17, 15) is 9.59 Å². The highest BCUT2D eigenvalue weighted by Gasteiger charge is 2.10. The van der Waals surface area contributed by atoms with Crippen LogP contribution in [0.15, 0.2) is 54.6 Å². The Morgan fingerprint density at radius 2 is 1.30 bits per heavy atom. The molecular formula is C19H25NO2S. The van der Waals surface area contributed by atoms with Gasteiger partial charge in [-0.05, 0) is 19.1 Å². The lowest BCUT2D eigenvalue weighted by Gasteiger charge is -2.03. The van der Waals surface area contributed by atoms with Gasteiger partial charge in [-0.3, -0.25) is 14.3 Å². The van der Waals surface area contributed by atoms with Crippen LogP contribution in [-0.2, 0) is 0 Å². The third-order valence-electron chi connectivity index (χ3n) is 2.56. The highest BCUT2D eigenvalue weighted by Crippen LogP contribution is 2.11. The van der Waals surface area contributed by atoms with Gasteiger partial charge in [-0.2, -0.15) is 0 Å². The molecule has 0 spiro atoms. The van der Waals surface area contributed by atoms with Crippen LogP contribution in [0.2, 0.25) is 0 Å². The Labute approximate surface area is 143 Å². The van der Waals surface area contributed by atoms with E-state index < -0.39 is 0 Å². The second kappa shape index (κ2) is 12.5. The number of carbonyl (C=O) groups is 2. The molecule has 0 bridgehead atoms. The molecule has 4 heteroatoms. The summed E-state index contributed by atoms with van der Waals surface area (Å²) in [6.45, 7) is 9.96. The van der Waals surface area contributed by atoms with Gasteiger partial charge in [-0.15, -0.1) is 0 Å². The summed E-state index contributed by atoms with van der Waals surface area (Å²) in [4.78, 5) is 23.6. The van der Waals surface area contributed by atoms with Crippen LogP contribution in [0.4, 0.5) is 0 Å². The highest BCUT2D eigenvalue weighted by atomic mass is 32.2. The Morgan fingerprint density at radius 1 is 0.783 bits per heavy atom. The predicted octanol–water partition coefficient (Wildman–Crippen LogP) is 5.27. The van der Waals surface area contributed by atoms with Crippen molar-refractivity contribution in [3.8, 4) is 0 Å². The molecule has 2 aromatic rings. The third-order valence-corrected chi connectivity index (χ3v) is 3.27. The van der Waals surface area contributed by atoms with Crippen LogP contribution in [0.25, 0.3) is 0 Å². The van der Waals surface area contributed by atoms with E-state index in [1.165, 1.54) is 0 Å². The van der Waals surface area contributed by atoms with E-state index in [0.717, 1.165) is 17.5 Å². The maximum Gasteiger partial charge on any atom is 0.261 e. The molecule has 2 aromatic carbocycles. The van der Waals surface area contributed by atoms with Gasteiger partial charge in [-0.25, -0.2) is 0 Å². The molecule has 0 unspecified atom stereocenters. The first-order valence-corrected chi connectivity index (χ1v) is 8.62. The van der Waals surface area contributed by atoms with Crippen LogP contribution in [0.5, 0.6) is 0 Å². The number of carbonyl (C=O) groups excluding carboxylic acids is 2. The molecule has 0 atom stereocenters. The molecule has 0 aliphatic carbocycles. The van der Waals surface area contributed by atoms with E-state index in [-0.39, 0.29) is 11.0 Å². The summed E-state index contributed by atoms with van der Waals surface area (Å²) >= 11 is 0.800. The van der Waals surface area contributed by atoms with Crippen LogP contribution in [0, 0.1) is 6.92 Å². The van der Waals surface area contributed by atoms with Crippen LogP contribution < -0.4 is 4.72 Å². The largest absolute Gasteiger partial charge is 0.289 e. The Morgan fingerprint density at radius 3 is 1.83 bits per heavy atom. The molecule has 124 valence electrons. The van der Waals surface area contributed by atoms with Gasteiger partial charge in [-0.1, -0.05) is 75.7 Å². The lowest BCUT2D eigenvalue weighted by molar-refractivity contribution is 0.0978. The van der Waals surface area contributed by atoms with E-state index >= 15 is 0 Å². The molecule has 1 amide bonds. The number of nitrogens with one attached hydrogen (secondary N) is 1. The molecule has 23 heavy (non-hydrogen) atoms. The van der Waals surface area contributed by atoms with Crippen molar-refractivity contribution in [3.63, 3.8) is 0 Å². The van der Waals surface area contributed by atoms with Gasteiger partial charge in [0.2, 0.25) is 5.12 Å². The van der Waals surface area contributed by atoms with Crippen molar-refractivity contribution >= 4 is 23.0 Å². The molecule has 0 radical (unpaired) electrons. The van der Waals surface area contributed by atoms with Gasteiger partial charge in [0.25, 0.3) is 5.91 Å². The summed E-state index contributed by atoms with van der Waals surface area (Å²) in [7, 11) is 0. The first-order chi connectivity index (χ1) is 11.2. The predicted molar refractivity (Wildman–Crippen MR) is 99.7 cm³/mol. The molecule has 0 aliphatic heterocycles. The Hall–Kier alpha value is -2.07. The van der Waals surface area contributed by atoms with Gasteiger partial charge < -0.3 is 0 Å². The lowest BCUT2D eigenvalue weighted by Crippen LogP contribution is -2.18. The molecule has 0 saturated carbocycles. The van der Waals surface area contributed by atoms with Crippen molar-refractivity contribution in [1.82, 2.24) is 4.72 Å². The Bertz CT molecular complexity index is 580. The second-order valence-corrected chi connectivity index (χ2v) is 4.83. The van der Waals surface area contributed by atoms with E-state index in [2.05, 4.69) is 4.72 Å². The van der Waals surface area contributed by atoms with Gasteiger partial charge >= 0.3 is 0 Å². The molecular weight excluding hydrogens is 306 g/mol. The van der Waals surface area contributed by atoms with E-state index in [0.29, 0.717) is 11.1 Å². The monoisotopic (exact) mass is 331 g/mol. The quantitative estimate of drug-likeness (QED) is 0.763. The highest BCUT2D eigenvalue weighted by molar-refractivity contribution is 8.12. The van der Waals surface area contributed by atoms with E-state index in [1.807, 2.05) is 52.8 Å². The summed E-state index contributed by atoms with van der Waals surface area (Å²) < 4.78 is 2.54. The van der Waals surface area contributed by atoms with Crippen molar-refractivity contribution in [2.24, 2.45) is 0 Å². The van der Waals surface area contributed by atoms with Crippen molar-refractivity contribution in [2.75, 3.05) is 0 Å². The fraction of sp³-hybridized carbons (Fsp3) is 0.263. The number of aryl methyl sites for hydroxylation is 1. The molecule has 0 aliphatic rings. The minimum atomic E-state index is -0.272. The van der Waals surface area contributed by atoms with Crippen molar-refractivity contribution in [3.05, 3.63) is 71.3 Å². The zero-order valence-corrected chi connectivity index (χ0v) is 15.2. The number of hydrogen-bond acceptors (Lipinski definition) is 3. The van der Waals surface area contributed by atoms with Crippen molar-refractivity contribution < 1.29 is 9.59 Å². The number of benzene rings is 2. The zero-order valence-electron chi connectivity index (χ0n) is 14.4. The topological polar surface area (TPSA) is 46.2 Å².